The standard InChI is InChI=1S/C15H19NO2/c1-2-4-14(5-3-1)6-9-16-10-7-15(8-11-16)17-12-13-18-15/h1-6,9H,7-8,10-13H2. The van der Waals surface area contributed by atoms with Crippen LogP contribution >= 0.6 is 0 Å². The summed E-state index contributed by atoms with van der Waals surface area (Å²) in [6, 6.07) is 10.4. The molecule has 0 aliphatic carbocycles. The van der Waals surface area contributed by atoms with E-state index in [1.54, 1.807) is 0 Å². The van der Waals surface area contributed by atoms with Crippen LogP contribution in [0.15, 0.2) is 36.5 Å². The molecule has 18 heavy (non-hydrogen) atoms. The van der Waals surface area contributed by atoms with Gasteiger partial charge in [0.05, 0.1) is 13.2 Å². The Morgan fingerprint density at radius 3 is 2.33 bits per heavy atom. The highest BCUT2D eigenvalue weighted by atomic mass is 16.7. The van der Waals surface area contributed by atoms with Crippen molar-refractivity contribution < 1.29 is 9.47 Å². The molecule has 0 amide bonds. The molecule has 3 rings (SSSR count). The van der Waals surface area contributed by atoms with Gasteiger partial charge in [-0.15, -0.1) is 0 Å². The predicted molar refractivity (Wildman–Crippen MR) is 70.9 cm³/mol. The maximum atomic E-state index is 5.72. The Balaban J connectivity index is 1.55. The van der Waals surface area contributed by atoms with Crippen molar-refractivity contribution in [2.75, 3.05) is 26.3 Å². The summed E-state index contributed by atoms with van der Waals surface area (Å²) in [5.41, 5.74) is 1.24. The maximum absolute atomic E-state index is 5.72. The fourth-order valence-corrected chi connectivity index (χ4v) is 2.56. The van der Waals surface area contributed by atoms with Crippen LogP contribution in [0.4, 0.5) is 0 Å². The lowest BCUT2D eigenvalue weighted by atomic mass is 10.0. The summed E-state index contributed by atoms with van der Waals surface area (Å²) >= 11 is 0. The van der Waals surface area contributed by atoms with Gasteiger partial charge in [0.15, 0.2) is 5.79 Å². The number of hydrogen-bond acceptors (Lipinski definition) is 3. The first kappa shape index (κ1) is 11.8. The molecule has 0 atom stereocenters. The summed E-state index contributed by atoms with van der Waals surface area (Å²) in [7, 11) is 0. The van der Waals surface area contributed by atoms with E-state index in [0.29, 0.717) is 0 Å². The second-order valence-electron chi connectivity index (χ2n) is 4.87. The molecule has 2 aliphatic rings. The summed E-state index contributed by atoms with van der Waals surface area (Å²) in [5.74, 6) is -0.267. The van der Waals surface area contributed by atoms with E-state index in [9.17, 15) is 0 Å². The molecular formula is C15H19NO2. The van der Waals surface area contributed by atoms with E-state index in [1.807, 2.05) is 6.07 Å². The van der Waals surface area contributed by atoms with Gasteiger partial charge in [0.1, 0.15) is 0 Å². The molecule has 0 unspecified atom stereocenters. The van der Waals surface area contributed by atoms with Crippen LogP contribution in [0, 0.1) is 0 Å². The minimum atomic E-state index is -0.267. The van der Waals surface area contributed by atoms with Crippen LogP contribution in [0.5, 0.6) is 0 Å². The molecule has 1 aromatic rings. The van der Waals surface area contributed by atoms with Crippen molar-refractivity contribution in [1.82, 2.24) is 4.90 Å². The minimum Gasteiger partial charge on any atom is -0.377 e. The Bertz CT molecular complexity index is 400. The Hall–Kier alpha value is -1.32. The zero-order valence-electron chi connectivity index (χ0n) is 10.5. The average Bonchev–Trinajstić information content (AvgIpc) is 2.88. The van der Waals surface area contributed by atoms with Crippen LogP contribution in [-0.4, -0.2) is 37.0 Å². The maximum Gasteiger partial charge on any atom is 0.171 e. The van der Waals surface area contributed by atoms with Gasteiger partial charge in [0, 0.05) is 25.9 Å². The Kier molecular flexibility index (Phi) is 3.35. The third kappa shape index (κ3) is 2.57. The molecule has 2 heterocycles. The topological polar surface area (TPSA) is 21.7 Å². The van der Waals surface area contributed by atoms with E-state index < -0.39 is 0 Å². The van der Waals surface area contributed by atoms with Crippen molar-refractivity contribution in [1.29, 1.82) is 0 Å². The van der Waals surface area contributed by atoms with Gasteiger partial charge >= 0.3 is 0 Å². The molecule has 0 aromatic heterocycles. The van der Waals surface area contributed by atoms with Gasteiger partial charge in [0.25, 0.3) is 0 Å². The second kappa shape index (κ2) is 5.12. The Morgan fingerprint density at radius 1 is 1.00 bits per heavy atom. The molecule has 3 nitrogen and oxygen atoms in total. The van der Waals surface area contributed by atoms with Gasteiger partial charge in [-0.3, -0.25) is 0 Å². The molecule has 2 fully saturated rings. The summed E-state index contributed by atoms with van der Waals surface area (Å²) in [6.45, 7) is 3.51. The van der Waals surface area contributed by atoms with Gasteiger partial charge < -0.3 is 14.4 Å². The largest absolute Gasteiger partial charge is 0.377 e. The normalized spacial score (nSPS) is 23.0. The van der Waals surface area contributed by atoms with Crippen molar-refractivity contribution in [3.8, 4) is 0 Å². The van der Waals surface area contributed by atoms with Gasteiger partial charge in [-0.25, -0.2) is 0 Å². The van der Waals surface area contributed by atoms with Crippen molar-refractivity contribution in [2.24, 2.45) is 0 Å². The lowest BCUT2D eigenvalue weighted by Crippen LogP contribution is -2.43. The molecule has 2 saturated heterocycles. The minimum absolute atomic E-state index is 0.267. The van der Waals surface area contributed by atoms with Crippen molar-refractivity contribution in [3.05, 3.63) is 42.1 Å². The molecule has 1 spiro atoms. The van der Waals surface area contributed by atoms with Crippen LogP contribution in [0.1, 0.15) is 18.4 Å². The monoisotopic (exact) mass is 245 g/mol. The first-order valence-electron chi connectivity index (χ1n) is 6.62. The third-order valence-corrected chi connectivity index (χ3v) is 3.65. The number of benzene rings is 1. The first-order chi connectivity index (χ1) is 8.86. The highest BCUT2D eigenvalue weighted by Gasteiger charge is 2.39. The van der Waals surface area contributed by atoms with Gasteiger partial charge in [-0.1, -0.05) is 30.3 Å². The van der Waals surface area contributed by atoms with Gasteiger partial charge in [0.2, 0.25) is 0 Å². The van der Waals surface area contributed by atoms with Crippen molar-refractivity contribution in [2.45, 2.75) is 18.6 Å². The summed E-state index contributed by atoms with van der Waals surface area (Å²) in [5, 5.41) is 0. The van der Waals surface area contributed by atoms with E-state index in [4.69, 9.17) is 9.47 Å². The smallest absolute Gasteiger partial charge is 0.171 e. The fourth-order valence-electron chi connectivity index (χ4n) is 2.56. The third-order valence-electron chi connectivity index (χ3n) is 3.65. The van der Waals surface area contributed by atoms with E-state index in [1.165, 1.54) is 5.56 Å². The lowest BCUT2D eigenvalue weighted by Gasteiger charge is -2.37. The summed E-state index contributed by atoms with van der Waals surface area (Å²) in [4.78, 5) is 2.34. The summed E-state index contributed by atoms with van der Waals surface area (Å²) in [6.07, 6.45) is 6.27. The highest BCUT2D eigenvalue weighted by Crippen LogP contribution is 2.31. The zero-order valence-corrected chi connectivity index (χ0v) is 10.5. The predicted octanol–water partition coefficient (Wildman–Crippen LogP) is 2.50. The lowest BCUT2D eigenvalue weighted by molar-refractivity contribution is -0.181. The molecular weight excluding hydrogens is 226 g/mol. The number of nitrogens with zero attached hydrogens (tertiary/aromatic N) is 1. The van der Waals surface area contributed by atoms with E-state index in [2.05, 4.69) is 41.4 Å². The molecule has 96 valence electrons. The van der Waals surface area contributed by atoms with Gasteiger partial charge in [-0.2, -0.15) is 0 Å². The molecule has 0 N–H and O–H groups in total. The van der Waals surface area contributed by atoms with Crippen LogP contribution in [-0.2, 0) is 9.47 Å². The highest BCUT2D eigenvalue weighted by molar-refractivity contribution is 5.48. The Labute approximate surface area is 108 Å². The number of likely N-dealkylation sites (tertiary alicyclic amines) is 1. The molecule has 1 aromatic carbocycles. The Morgan fingerprint density at radius 2 is 1.67 bits per heavy atom. The molecule has 3 heteroatoms. The number of hydrogen-bond donors (Lipinski definition) is 0. The van der Waals surface area contributed by atoms with E-state index in [0.717, 1.165) is 39.1 Å². The van der Waals surface area contributed by atoms with Crippen LogP contribution in [0.2, 0.25) is 0 Å². The van der Waals surface area contributed by atoms with Crippen LogP contribution in [0.3, 0.4) is 0 Å². The number of piperidine rings is 1. The van der Waals surface area contributed by atoms with Crippen molar-refractivity contribution in [3.63, 3.8) is 0 Å². The number of ether oxygens (including phenoxy) is 2. The second-order valence-corrected chi connectivity index (χ2v) is 4.87. The van der Waals surface area contributed by atoms with Gasteiger partial charge in [-0.05, 0) is 17.8 Å². The van der Waals surface area contributed by atoms with E-state index in [-0.39, 0.29) is 5.79 Å². The molecule has 2 aliphatic heterocycles. The van der Waals surface area contributed by atoms with Crippen LogP contribution < -0.4 is 0 Å². The first-order valence-corrected chi connectivity index (χ1v) is 6.62. The number of rotatable bonds is 2. The van der Waals surface area contributed by atoms with Crippen molar-refractivity contribution >= 4 is 6.08 Å². The molecule has 0 bridgehead atoms. The quantitative estimate of drug-likeness (QED) is 0.799. The fraction of sp³-hybridized carbons (Fsp3) is 0.467. The molecule has 0 radical (unpaired) electrons. The summed E-state index contributed by atoms with van der Waals surface area (Å²) < 4.78 is 11.4. The van der Waals surface area contributed by atoms with E-state index >= 15 is 0 Å². The zero-order chi connectivity index (χ0) is 12.3. The van der Waals surface area contributed by atoms with Crippen LogP contribution in [0.25, 0.3) is 6.08 Å². The molecule has 0 saturated carbocycles. The SMILES string of the molecule is C(=CN1CCC2(CC1)OCCO2)c1ccccc1. The average molecular weight is 245 g/mol.